The van der Waals surface area contributed by atoms with Gasteiger partial charge < -0.3 is 0 Å². The van der Waals surface area contributed by atoms with E-state index in [4.69, 9.17) is 0 Å². The van der Waals surface area contributed by atoms with E-state index in [2.05, 4.69) is 61.2 Å². The Hall–Kier alpha value is -1.34. The summed E-state index contributed by atoms with van der Waals surface area (Å²) in [5.41, 5.74) is 1.47. The van der Waals surface area contributed by atoms with E-state index in [-0.39, 0.29) is 0 Å². The van der Waals surface area contributed by atoms with Crippen LogP contribution in [0.25, 0.3) is 10.8 Å². The molecule has 1 aliphatic rings. The van der Waals surface area contributed by atoms with E-state index in [0.717, 1.165) is 5.92 Å². The molecule has 1 atom stereocenters. The minimum atomic E-state index is 0.539. The number of fused-ring (bicyclic) bond motifs is 1. The molecule has 0 saturated carbocycles. The first kappa shape index (κ1) is 10.8. The normalized spacial score (nSPS) is 19.2. The molecule has 0 N–H and O–H groups in total. The van der Waals surface area contributed by atoms with E-state index in [1.165, 1.54) is 29.4 Å². The molecule has 1 fully saturated rings. The van der Waals surface area contributed by atoms with Gasteiger partial charge in [-0.1, -0.05) is 49.4 Å². The molecule has 0 radical (unpaired) electrons. The highest BCUT2D eigenvalue weighted by Crippen LogP contribution is 2.32. The maximum absolute atomic E-state index is 2.56. The molecule has 0 aromatic heterocycles. The van der Waals surface area contributed by atoms with E-state index >= 15 is 0 Å². The van der Waals surface area contributed by atoms with Crippen LogP contribution in [0.2, 0.25) is 0 Å². The first-order valence-corrected chi connectivity index (χ1v) is 6.47. The summed E-state index contributed by atoms with van der Waals surface area (Å²) in [6.45, 7) is 7.13. The minimum Gasteiger partial charge on any atom is -0.296 e. The van der Waals surface area contributed by atoms with Crippen molar-refractivity contribution in [3.8, 4) is 0 Å². The molecule has 2 aromatic carbocycles. The fourth-order valence-corrected chi connectivity index (χ4v) is 2.87. The van der Waals surface area contributed by atoms with E-state index in [9.17, 15) is 0 Å². The van der Waals surface area contributed by atoms with Crippen LogP contribution in [-0.2, 0) is 0 Å². The average molecular weight is 225 g/mol. The van der Waals surface area contributed by atoms with Crippen molar-refractivity contribution in [2.75, 3.05) is 13.1 Å². The summed E-state index contributed by atoms with van der Waals surface area (Å²) < 4.78 is 0. The Morgan fingerprint density at radius 2 is 1.76 bits per heavy atom. The Labute approximate surface area is 103 Å². The summed E-state index contributed by atoms with van der Waals surface area (Å²) in [7, 11) is 0. The molecule has 1 heterocycles. The SMILES string of the molecule is CC1CN([C@@H](C)c2cccc3ccccc23)C1. The molecule has 88 valence electrons. The van der Waals surface area contributed by atoms with Gasteiger partial charge in [-0.15, -0.1) is 0 Å². The lowest BCUT2D eigenvalue weighted by atomic mass is 9.94. The Bertz CT molecular complexity index is 521. The summed E-state index contributed by atoms with van der Waals surface area (Å²) in [4.78, 5) is 2.56. The molecule has 0 unspecified atom stereocenters. The molecule has 0 bridgehead atoms. The van der Waals surface area contributed by atoms with Crippen LogP contribution >= 0.6 is 0 Å². The second kappa shape index (κ2) is 4.15. The Balaban J connectivity index is 1.99. The average Bonchev–Trinajstić information content (AvgIpc) is 2.33. The predicted molar refractivity (Wildman–Crippen MR) is 73.1 cm³/mol. The highest BCUT2D eigenvalue weighted by atomic mass is 15.2. The molecule has 0 amide bonds. The van der Waals surface area contributed by atoms with Crippen molar-refractivity contribution in [2.24, 2.45) is 5.92 Å². The number of hydrogen-bond acceptors (Lipinski definition) is 1. The topological polar surface area (TPSA) is 3.24 Å². The lowest BCUT2D eigenvalue weighted by Crippen LogP contribution is -2.46. The molecule has 0 aliphatic carbocycles. The van der Waals surface area contributed by atoms with Gasteiger partial charge in [0.25, 0.3) is 0 Å². The van der Waals surface area contributed by atoms with E-state index in [1.54, 1.807) is 0 Å². The van der Waals surface area contributed by atoms with Crippen LogP contribution in [0.4, 0.5) is 0 Å². The molecule has 1 aliphatic heterocycles. The number of hydrogen-bond donors (Lipinski definition) is 0. The van der Waals surface area contributed by atoms with Crippen LogP contribution in [0.3, 0.4) is 0 Å². The second-order valence-corrected chi connectivity index (χ2v) is 5.30. The monoisotopic (exact) mass is 225 g/mol. The van der Waals surface area contributed by atoms with E-state index in [1.807, 2.05) is 0 Å². The molecule has 0 spiro atoms. The maximum Gasteiger partial charge on any atom is 0.0326 e. The highest BCUT2D eigenvalue weighted by Gasteiger charge is 2.28. The molecular formula is C16H19N. The number of likely N-dealkylation sites (tertiary alicyclic amines) is 1. The van der Waals surface area contributed by atoms with Crippen LogP contribution in [0.5, 0.6) is 0 Å². The van der Waals surface area contributed by atoms with Gasteiger partial charge in [-0.05, 0) is 29.2 Å². The van der Waals surface area contributed by atoms with Gasteiger partial charge in [-0.3, -0.25) is 4.90 Å². The molecule has 17 heavy (non-hydrogen) atoms. The smallest absolute Gasteiger partial charge is 0.0326 e. The number of nitrogens with zero attached hydrogens (tertiary/aromatic N) is 1. The fourth-order valence-electron chi connectivity index (χ4n) is 2.87. The van der Waals surface area contributed by atoms with Crippen LogP contribution in [-0.4, -0.2) is 18.0 Å². The van der Waals surface area contributed by atoms with Crippen molar-refractivity contribution in [2.45, 2.75) is 19.9 Å². The van der Waals surface area contributed by atoms with E-state index in [0.29, 0.717) is 6.04 Å². The molecule has 1 nitrogen and oxygen atoms in total. The molecular weight excluding hydrogens is 206 g/mol. The van der Waals surface area contributed by atoms with Crippen molar-refractivity contribution >= 4 is 10.8 Å². The van der Waals surface area contributed by atoms with Crippen molar-refractivity contribution in [1.82, 2.24) is 4.90 Å². The van der Waals surface area contributed by atoms with Gasteiger partial charge in [0.05, 0.1) is 0 Å². The molecule has 2 aromatic rings. The largest absolute Gasteiger partial charge is 0.296 e. The van der Waals surface area contributed by atoms with Gasteiger partial charge in [0.2, 0.25) is 0 Å². The third-order valence-corrected chi connectivity index (χ3v) is 3.91. The van der Waals surface area contributed by atoms with Crippen LogP contribution in [0, 0.1) is 5.92 Å². The van der Waals surface area contributed by atoms with Crippen molar-refractivity contribution in [3.05, 3.63) is 48.0 Å². The molecule has 1 saturated heterocycles. The maximum atomic E-state index is 2.56. The van der Waals surface area contributed by atoms with Crippen LogP contribution in [0.15, 0.2) is 42.5 Å². The predicted octanol–water partition coefficient (Wildman–Crippen LogP) is 3.85. The minimum absolute atomic E-state index is 0.539. The Morgan fingerprint density at radius 1 is 1.06 bits per heavy atom. The van der Waals surface area contributed by atoms with Crippen molar-refractivity contribution in [3.63, 3.8) is 0 Å². The number of rotatable bonds is 2. The lowest BCUT2D eigenvalue weighted by molar-refractivity contribution is 0.0709. The molecule has 1 heteroatoms. The van der Waals surface area contributed by atoms with Crippen LogP contribution in [0.1, 0.15) is 25.5 Å². The summed E-state index contributed by atoms with van der Waals surface area (Å²) in [5, 5.41) is 2.76. The zero-order valence-corrected chi connectivity index (χ0v) is 10.6. The third kappa shape index (κ3) is 1.85. The van der Waals surface area contributed by atoms with E-state index < -0.39 is 0 Å². The van der Waals surface area contributed by atoms with Gasteiger partial charge in [-0.2, -0.15) is 0 Å². The van der Waals surface area contributed by atoms with Gasteiger partial charge in [-0.25, -0.2) is 0 Å². The summed E-state index contributed by atoms with van der Waals surface area (Å²) in [6.07, 6.45) is 0. The van der Waals surface area contributed by atoms with Crippen molar-refractivity contribution in [1.29, 1.82) is 0 Å². The fraction of sp³-hybridized carbons (Fsp3) is 0.375. The van der Waals surface area contributed by atoms with Gasteiger partial charge in [0, 0.05) is 19.1 Å². The third-order valence-electron chi connectivity index (χ3n) is 3.91. The first-order valence-electron chi connectivity index (χ1n) is 6.47. The quantitative estimate of drug-likeness (QED) is 0.750. The van der Waals surface area contributed by atoms with Crippen LogP contribution < -0.4 is 0 Å². The first-order chi connectivity index (χ1) is 8.25. The summed E-state index contributed by atoms with van der Waals surface area (Å²) >= 11 is 0. The van der Waals surface area contributed by atoms with Gasteiger partial charge >= 0.3 is 0 Å². The highest BCUT2D eigenvalue weighted by molar-refractivity contribution is 5.86. The Morgan fingerprint density at radius 3 is 2.53 bits per heavy atom. The Kier molecular flexibility index (Phi) is 2.64. The van der Waals surface area contributed by atoms with Crippen molar-refractivity contribution < 1.29 is 0 Å². The zero-order chi connectivity index (χ0) is 11.8. The van der Waals surface area contributed by atoms with Gasteiger partial charge in [0.1, 0.15) is 0 Å². The molecule has 3 rings (SSSR count). The zero-order valence-electron chi connectivity index (χ0n) is 10.6. The van der Waals surface area contributed by atoms with Gasteiger partial charge in [0.15, 0.2) is 0 Å². The second-order valence-electron chi connectivity index (χ2n) is 5.30. The summed E-state index contributed by atoms with van der Waals surface area (Å²) in [6, 6.07) is 15.9. The summed E-state index contributed by atoms with van der Waals surface area (Å²) in [5.74, 6) is 0.868. The lowest BCUT2D eigenvalue weighted by Gasteiger charge is -2.42. The number of benzene rings is 2. The standard InChI is InChI=1S/C16H19N/c1-12-10-17(11-12)13(2)15-9-5-7-14-6-3-4-8-16(14)15/h3-9,12-13H,10-11H2,1-2H3/t13-/m0/s1.